The van der Waals surface area contributed by atoms with Gasteiger partial charge in [0.2, 0.25) is 5.91 Å². The molecule has 110 valence electrons. The van der Waals surface area contributed by atoms with Crippen LogP contribution in [0, 0.1) is 13.8 Å². The lowest BCUT2D eigenvalue weighted by Crippen LogP contribution is -2.19. The molecule has 3 heteroatoms. The second-order valence-electron chi connectivity index (χ2n) is 5.52. The number of aryl methyl sites for hydroxylation is 2. The number of nitrogens with two attached hydrogens (primary N) is 1. The minimum Gasteiger partial charge on any atom is -0.366 e. The molecule has 0 saturated carbocycles. The first kappa shape index (κ1) is 15.3. The SMILES string of the molecule is Cc1ccc(C)c([C@@H](C)NCc2ccc(C(N)=O)cc2)c1. The van der Waals surface area contributed by atoms with Crippen molar-refractivity contribution in [1.82, 2.24) is 5.32 Å². The zero-order chi connectivity index (χ0) is 15.4. The predicted molar refractivity (Wildman–Crippen MR) is 86.1 cm³/mol. The number of carbonyl (C=O) groups excluding carboxylic acids is 1. The summed E-state index contributed by atoms with van der Waals surface area (Å²) in [4.78, 5) is 11.0. The Morgan fingerprint density at radius 1 is 1.14 bits per heavy atom. The molecule has 3 N–H and O–H groups in total. The number of amides is 1. The van der Waals surface area contributed by atoms with Gasteiger partial charge in [-0.05, 0) is 49.6 Å². The number of hydrogen-bond donors (Lipinski definition) is 2. The fourth-order valence-electron chi connectivity index (χ4n) is 2.39. The molecule has 0 radical (unpaired) electrons. The van der Waals surface area contributed by atoms with Gasteiger partial charge in [0.25, 0.3) is 0 Å². The zero-order valence-electron chi connectivity index (χ0n) is 12.8. The van der Waals surface area contributed by atoms with E-state index in [-0.39, 0.29) is 6.04 Å². The van der Waals surface area contributed by atoms with Crippen molar-refractivity contribution >= 4 is 5.91 Å². The molecule has 0 fully saturated rings. The lowest BCUT2D eigenvalue weighted by molar-refractivity contribution is 0.100. The molecule has 0 spiro atoms. The molecule has 0 unspecified atom stereocenters. The standard InChI is InChI=1S/C18H22N2O/c1-12-4-5-13(2)17(10-12)14(3)20-11-15-6-8-16(9-7-15)18(19)21/h4-10,14,20H,11H2,1-3H3,(H2,19,21)/t14-/m1/s1. The van der Waals surface area contributed by atoms with Gasteiger partial charge < -0.3 is 11.1 Å². The molecule has 1 atom stereocenters. The van der Waals surface area contributed by atoms with E-state index in [4.69, 9.17) is 5.73 Å². The second kappa shape index (κ2) is 6.55. The van der Waals surface area contributed by atoms with Crippen molar-refractivity contribution < 1.29 is 4.79 Å². The average Bonchev–Trinajstić information content (AvgIpc) is 2.47. The Morgan fingerprint density at radius 2 is 1.81 bits per heavy atom. The van der Waals surface area contributed by atoms with Gasteiger partial charge in [-0.1, -0.05) is 35.9 Å². The molecule has 0 saturated heterocycles. The maximum Gasteiger partial charge on any atom is 0.248 e. The van der Waals surface area contributed by atoms with Crippen molar-refractivity contribution in [3.8, 4) is 0 Å². The van der Waals surface area contributed by atoms with Crippen LogP contribution in [0.25, 0.3) is 0 Å². The summed E-state index contributed by atoms with van der Waals surface area (Å²) in [5, 5.41) is 3.52. The number of benzene rings is 2. The molecule has 0 aliphatic heterocycles. The lowest BCUT2D eigenvalue weighted by Gasteiger charge is -2.17. The Bertz CT molecular complexity index is 632. The summed E-state index contributed by atoms with van der Waals surface area (Å²) < 4.78 is 0. The van der Waals surface area contributed by atoms with Crippen molar-refractivity contribution in [3.05, 3.63) is 70.3 Å². The van der Waals surface area contributed by atoms with Crippen molar-refractivity contribution in [3.63, 3.8) is 0 Å². The highest BCUT2D eigenvalue weighted by Gasteiger charge is 2.08. The molecule has 2 aromatic rings. The third-order valence-electron chi connectivity index (χ3n) is 3.75. The van der Waals surface area contributed by atoms with E-state index in [9.17, 15) is 4.79 Å². The van der Waals surface area contributed by atoms with Crippen LogP contribution >= 0.6 is 0 Å². The van der Waals surface area contributed by atoms with Gasteiger partial charge in [-0.15, -0.1) is 0 Å². The van der Waals surface area contributed by atoms with E-state index in [2.05, 4.69) is 44.3 Å². The van der Waals surface area contributed by atoms with Crippen LogP contribution in [-0.2, 0) is 6.54 Å². The maximum absolute atomic E-state index is 11.0. The predicted octanol–water partition coefficient (Wildman–Crippen LogP) is 3.25. The summed E-state index contributed by atoms with van der Waals surface area (Å²) in [6.07, 6.45) is 0. The molecule has 3 nitrogen and oxygen atoms in total. The molecule has 0 aliphatic carbocycles. The summed E-state index contributed by atoms with van der Waals surface area (Å²) in [5.41, 5.74) is 10.8. The van der Waals surface area contributed by atoms with Crippen LogP contribution in [0.3, 0.4) is 0 Å². The Balaban J connectivity index is 2.02. The van der Waals surface area contributed by atoms with Gasteiger partial charge >= 0.3 is 0 Å². The normalized spacial score (nSPS) is 12.1. The third kappa shape index (κ3) is 3.92. The number of hydrogen-bond acceptors (Lipinski definition) is 2. The van der Waals surface area contributed by atoms with Gasteiger partial charge in [-0.2, -0.15) is 0 Å². The Morgan fingerprint density at radius 3 is 2.43 bits per heavy atom. The summed E-state index contributed by atoms with van der Waals surface area (Å²) in [7, 11) is 0. The van der Waals surface area contributed by atoms with Crippen LogP contribution in [-0.4, -0.2) is 5.91 Å². The van der Waals surface area contributed by atoms with Gasteiger partial charge in [-0.3, -0.25) is 4.79 Å². The first-order valence-corrected chi connectivity index (χ1v) is 7.16. The van der Waals surface area contributed by atoms with E-state index in [1.807, 2.05) is 12.1 Å². The minimum absolute atomic E-state index is 0.278. The first-order valence-electron chi connectivity index (χ1n) is 7.16. The minimum atomic E-state index is -0.390. The van der Waals surface area contributed by atoms with Crippen LogP contribution in [0.15, 0.2) is 42.5 Å². The Labute approximate surface area is 126 Å². The quantitative estimate of drug-likeness (QED) is 0.884. The van der Waals surface area contributed by atoms with Crippen molar-refractivity contribution in [2.75, 3.05) is 0 Å². The summed E-state index contributed by atoms with van der Waals surface area (Å²) in [5.74, 6) is -0.390. The van der Waals surface area contributed by atoms with Gasteiger partial charge in [0.1, 0.15) is 0 Å². The van der Waals surface area contributed by atoms with Gasteiger partial charge in [0.15, 0.2) is 0 Å². The molecule has 0 bridgehead atoms. The van der Waals surface area contributed by atoms with E-state index in [1.165, 1.54) is 16.7 Å². The largest absolute Gasteiger partial charge is 0.366 e. The average molecular weight is 282 g/mol. The highest BCUT2D eigenvalue weighted by atomic mass is 16.1. The van der Waals surface area contributed by atoms with Crippen molar-refractivity contribution in [1.29, 1.82) is 0 Å². The highest BCUT2D eigenvalue weighted by Crippen LogP contribution is 2.19. The lowest BCUT2D eigenvalue weighted by atomic mass is 10.00. The van der Waals surface area contributed by atoms with Gasteiger partial charge in [-0.25, -0.2) is 0 Å². The van der Waals surface area contributed by atoms with E-state index in [0.717, 1.165) is 12.1 Å². The molecule has 21 heavy (non-hydrogen) atoms. The van der Waals surface area contributed by atoms with E-state index >= 15 is 0 Å². The summed E-state index contributed by atoms with van der Waals surface area (Å²) in [6.45, 7) is 7.17. The molecule has 0 aromatic heterocycles. The molecular weight excluding hydrogens is 260 g/mol. The van der Waals surface area contributed by atoms with Crippen LogP contribution in [0.5, 0.6) is 0 Å². The molecule has 2 rings (SSSR count). The maximum atomic E-state index is 11.0. The molecule has 2 aromatic carbocycles. The second-order valence-corrected chi connectivity index (χ2v) is 5.52. The van der Waals surface area contributed by atoms with E-state index in [1.54, 1.807) is 12.1 Å². The fourth-order valence-corrected chi connectivity index (χ4v) is 2.39. The fraction of sp³-hybridized carbons (Fsp3) is 0.278. The smallest absolute Gasteiger partial charge is 0.248 e. The Kier molecular flexibility index (Phi) is 4.76. The Hall–Kier alpha value is -2.13. The van der Waals surface area contributed by atoms with E-state index < -0.39 is 5.91 Å². The van der Waals surface area contributed by atoms with Gasteiger partial charge in [0, 0.05) is 18.2 Å². The summed E-state index contributed by atoms with van der Waals surface area (Å²) >= 11 is 0. The third-order valence-corrected chi connectivity index (χ3v) is 3.75. The summed E-state index contributed by atoms with van der Waals surface area (Å²) in [6, 6.07) is 14.2. The van der Waals surface area contributed by atoms with Gasteiger partial charge in [0.05, 0.1) is 0 Å². The molecule has 0 aliphatic rings. The zero-order valence-corrected chi connectivity index (χ0v) is 12.8. The van der Waals surface area contributed by atoms with E-state index in [0.29, 0.717) is 5.56 Å². The molecule has 0 heterocycles. The first-order chi connectivity index (χ1) is 9.97. The monoisotopic (exact) mass is 282 g/mol. The van der Waals surface area contributed by atoms with Crippen LogP contribution in [0.4, 0.5) is 0 Å². The van der Waals surface area contributed by atoms with Crippen LogP contribution in [0.1, 0.15) is 45.6 Å². The van der Waals surface area contributed by atoms with Crippen molar-refractivity contribution in [2.45, 2.75) is 33.4 Å². The highest BCUT2D eigenvalue weighted by molar-refractivity contribution is 5.92. The number of carbonyl (C=O) groups is 1. The molecular formula is C18H22N2O. The number of nitrogens with one attached hydrogen (secondary N) is 1. The topological polar surface area (TPSA) is 55.1 Å². The molecule has 1 amide bonds. The number of primary amides is 1. The van der Waals surface area contributed by atoms with Crippen molar-refractivity contribution in [2.24, 2.45) is 5.73 Å². The van der Waals surface area contributed by atoms with Crippen LogP contribution in [0.2, 0.25) is 0 Å². The number of rotatable bonds is 5. The van der Waals surface area contributed by atoms with Crippen LogP contribution < -0.4 is 11.1 Å².